The standard InChI is InChI=1S/C20H24O8/c1-19(2,3)27-17(25)13(18(26)28-20(4,5)6)10-11-8-7-9-12(15(21)22)14(11)16(23)24/h7-10H,1-6H3,(H,21,22)(H,23,24). The van der Waals surface area contributed by atoms with E-state index < -0.39 is 51.8 Å². The molecule has 0 bridgehead atoms. The summed E-state index contributed by atoms with van der Waals surface area (Å²) in [7, 11) is 0. The Kier molecular flexibility index (Phi) is 6.74. The summed E-state index contributed by atoms with van der Waals surface area (Å²) in [4.78, 5) is 48.0. The van der Waals surface area contributed by atoms with Crippen LogP contribution in [0.1, 0.15) is 67.8 Å². The first-order valence-electron chi connectivity index (χ1n) is 8.40. The van der Waals surface area contributed by atoms with Crippen molar-refractivity contribution < 1.29 is 38.9 Å². The fourth-order valence-corrected chi connectivity index (χ4v) is 2.13. The van der Waals surface area contributed by atoms with Crippen molar-refractivity contribution in [3.05, 3.63) is 40.5 Å². The third-order valence-electron chi connectivity index (χ3n) is 3.08. The Bertz CT molecular complexity index is 805. The number of rotatable bonds is 5. The summed E-state index contributed by atoms with van der Waals surface area (Å²) in [6, 6.07) is 3.71. The van der Waals surface area contributed by atoms with E-state index in [4.69, 9.17) is 9.47 Å². The summed E-state index contributed by atoms with van der Waals surface area (Å²) in [5, 5.41) is 18.7. The van der Waals surface area contributed by atoms with Crippen LogP contribution in [0.4, 0.5) is 0 Å². The van der Waals surface area contributed by atoms with Gasteiger partial charge in [-0.1, -0.05) is 12.1 Å². The lowest BCUT2D eigenvalue weighted by Crippen LogP contribution is -2.31. The molecule has 0 atom stereocenters. The van der Waals surface area contributed by atoms with E-state index in [-0.39, 0.29) is 5.56 Å². The number of carbonyl (C=O) groups excluding carboxylic acids is 2. The Balaban J connectivity index is 3.62. The molecule has 0 spiro atoms. The molecule has 0 unspecified atom stereocenters. The van der Waals surface area contributed by atoms with E-state index in [0.717, 1.165) is 12.1 Å². The van der Waals surface area contributed by atoms with Crippen molar-refractivity contribution in [3.8, 4) is 0 Å². The second-order valence-electron chi connectivity index (χ2n) is 7.94. The summed E-state index contributed by atoms with van der Waals surface area (Å²) in [5.41, 5.74) is -3.56. The van der Waals surface area contributed by atoms with Crippen LogP contribution in [0.5, 0.6) is 0 Å². The lowest BCUT2D eigenvalue weighted by Gasteiger charge is -2.23. The van der Waals surface area contributed by atoms with Crippen molar-refractivity contribution in [1.82, 2.24) is 0 Å². The molecule has 2 N–H and O–H groups in total. The highest BCUT2D eigenvalue weighted by Gasteiger charge is 2.30. The van der Waals surface area contributed by atoms with E-state index in [1.165, 1.54) is 12.1 Å². The molecule has 1 aromatic rings. The number of carboxylic acid groups (broad SMARTS) is 2. The van der Waals surface area contributed by atoms with Gasteiger partial charge in [-0.05, 0) is 59.2 Å². The predicted molar refractivity (Wildman–Crippen MR) is 100 cm³/mol. The van der Waals surface area contributed by atoms with Gasteiger partial charge in [0.05, 0.1) is 11.1 Å². The van der Waals surface area contributed by atoms with E-state index in [9.17, 15) is 29.4 Å². The quantitative estimate of drug-likeness (QED) is 0.339. The zero-order chi connectivity index (χ0) is 21.9. The third-order valence-corrected chi connectivity index (χ3v) is 3.08. The van der Waals surface area contributed by atoms with Crippen LogP contribution in [0, 0.1) is 0 Å². The molecule has 0 heterocycles. The van der Waals surface area contributed by atoms with Gasteiger partial charge in [0.15, 0.2) is 0 Å². The van der Waals surface area contributed by atoms with Gasteiger partial charge in [-0.15, -0.1) is 0 Å². The third kappa shape index (κ3) is 6.53. The summed E-state index contributed by atoms with van der Waals surface area (Å²) in [5.74, 6) is -5.00. The van der Waals surface area contributed by atoms with Gasteiger partial charge < -0.3 is 19.7 Å². The number of carbonyl (C=O) groups is 4. The molecule has 152 valence electrons. The summed E-state index contributed by atoms with van der Waals surface area (Å²) in [6.07, 6.45) is 0.970. The van der Waals surface area contributed by atoms with Crippen molar-refractivity contribution in [3.63, 3.8) is 0 Å². The number of hydrogen-bond donors (Lipinski definition) is 2. The molecule has 28 heavy (non-hydrogen) atoms. The van der Waals surface area contributed by atoms with Gasteiger partial charge in [-0.2, -0.15) is 0 Å². The topological polar surface area (TPSA) is 127 Å². The van der Waals surface area contributed by atoms with E-state index in [0.29, 0.717) is 0 Å². The lowest BCUT2D eigenvalue weighted by atomic mass is 9.98. The molecule has 0 radical (unpaired) electrons. The van der Waals surface area contributed by atoms with Crippen molar-refractivity contribution >= 4 is 30.0 Å². The highest BCUT2D eigenvalue weighted by molar-refractivity contribution is 6.18. The maximum Gasteiger partial charge on any atom is 0.346 e. The van der Waals surface area contributed by atoms with E-state index in [2.05, 4.69) is 0 Å². The largest absolute Gasteiger partial charge is 0.478 e. The summed E-state index contributed by atoms with van der Waals surface area (Å²) >= 11 is 0. The lowest BCUT2D eigenvalue weighted by molar-refractivity contribution is -0.158. The molecule has 0 amide bonds. The maximum atomic E-state index is 12.5. The second-order valence-corrected chi connectivity index (χ2v) is 7.94. The highest BCUT2D eigenvalue weighted by Crippen LogP contribution is 2.22. The molecule has 8 nitrogen and oxygen atoms in total. The fourth-order valence-electron chi connectivity index (χ4n) is 2.13. The van der Waals surface area contributed by atoms with Gasteiger partial charge in [0.25, 0.3) is 0 Å². The molecule has 1 aromatic carbocycles. The summed E-state index contributed by atoms with van der Waals surface area (Å²) in [6.45, 7) is 9.62. The van der Waals surface area contributed by atoms with Crippen LogP contribution in [0.25, 0.3) is 6.08 Å². The Morgan fingerprint density at radius 2 is 1.29 bits per heavy atom. The van der Waals surface area contributed by atoms with Crippen LogP contribution in [0.15, 0.2) is 23.8 Å². The Morgan fingerprint density at radius 1 is 0.821 bits per heavy atom. The number of aromatic carboxylic acids is 2. The predicted octanol–water partition coefficient (Wildman–Crippen LogP) is 3.15. The first-order chi connectivity index (χ1) is 12.6. The minimum atomic E-state index is -1.52. The smallest absolute Gasteiger partial charge is 0.346 e. The van der Waals surface area contributed by atoms with E-state index in [1.54, 1.807) is 41.5 Å². The minimum absolute atomic E-state index is 0.140. The molecule has 0 aromatic heterocycles. The van der Waals surface area contributed by atoms with Crippen LogP contribution in [0.2, 0.25) is 0 Å². The molecular formula is C20H24O8. The maximum absolute atomic E-state index is 12.5. The van der Waals surface area contributed by atoms with Crippen LogP contribution in [0.3, 0.4) is 0 Å². The zero-order valence-electron chi connectivity index (χ0n) is 16.7. The normalized spacial score (nSPS) is 11.4. The monoisotopic (exact) mass is 392 g/mol. The molecule has 0 fully saturated rings. The summed E-state index contributed by atoms with van der Waals surface area (Å²) < 4.78 is 10.4. The molecule has 0 aliphatic rings. The first-order valence-corrected chi connectivity index (χ1v) is 8.40. The van der Waals surface area contributed by atoms with Crippen molar-refractivity contribution in [2.45, 2.75) is 52.7 Å². The van der Waals surface area contributed by atoms with Gasteiger partial charge in [-0.3, -0.25) is 0 Å². The Morgan fingerprint density at radius 3 is 1.64 bits per heavy atom. The van der Waals surface area contributed by atoms with E-state index >= 15 is 0 Å². The van der Waals surface area contributed by atoms with Gasteiger partial charge in [0, 0.05) is 0 Å². The number of carboxylic acids is 2. The first kappa shape index (κ1) is 22.9. The number of benzene rings is 1. The average Bonchev–Trinajstić information content (AvgIpc) is 2.48. The van der Waals surface area contributed by atoms with Crippen molar-refractivity contribution in [1.29, 1.82) is 0 Å². The van der Waals surface area contributed by atoms with Gasteiger partial charge in [-0.25, -0.2) is 19.2 Å². The molecule has 0 aliphatic carbocycles. The van der Waals surface area contributed by atoms with E-state index in [1.807, 2.05) is 0 Å². The molecule has 0 saturated carbocycles. The van der Waals surface area contributed by atoms with Crippen LogP contribution >= 0.6 is 0 Å². The number of hydrogen-bond acceptors (Lipinski definition) is 6. The van der Waals surface area contributed by atoms with Crippen LogP contribution in [-0.4, -0.2) is 45.3 Å². The molecule has 0 aliphatic heterocycles. The van der Waals surface area contributed by atoms with Crippen molar-refractivity contribution in [2.24, 2.45) is 0 Å². The Labute approximate surface area is 162 Å². The van der Waals surface area contributed by atoms with Gasteiger partial charge in [0.1, 0.15) is 16.8 Å². The molecule has 1 rings (SSSR count). The number of ether oxygens (including phenoxy) is 2. The highest BCUT2D eigenvalue weighted by atomic mass is 16.6. The minimum Gasteiger partial charge on any atom is -0.478 e. The van der Waals surface area contributed by atoms with Gasteiger partial charge in [0.2, 0.25) is 0 Å². The van der Waals surface area contributed by atoms with Crippen LogP contribution in [-0.2, 0) is 19.1 Å². The molecular weight excluding hydrogens is 368 g/mol. The average molecular weight is 392 g/mol. The second kappa shape index (κ2) is 8.24. The van der Waals surface area contributed by atoms with Crippen LogP contribution < -0.4 is 0 Å². The number of esters is 2. The molecule has 0 saturated heterocycles. The molecule has 8 heteroatoms. The SMILES string of the molecule is CC(C)(C)OC(=O)C(=Cc1cccc(C(=O)O)c1C(=O)O)C(=O)OC(C)(C)C. The zero-order valence-corrected chi connectivity index (χ0v) is 16.7. The van der Waals surface area contributed by atoms with Gasteiger partial charge >= 0.3 is 23.9 Å². The van der Waals surface area contributed by atoms with Crippen molar-refractivity contribution in [2.75, 3.05) is 0 Å². The Hall–Kier alpha value is -3.16. The fraction of sp³-hybridized carbons (Fsp3) is 0.400.